The Hall–Kier alpha value is -1.42. The second-order valence-corrected chi connectivity index (χ2v) is 4.48. The molecule has 0 fully saturated rings. The Balaban J connectivity index is 2.06. The quantitative estimate of drug-likeness (QED) is 0.552. The summed E-state index contributed by atoms with van der Waals surface area (Å²) in [5.74, 6) is -0.560. The van der Waals surface area contributed by atoms with E-state index in [2.05, 4.69) is 12.2 Å². The SMILES string of the molecule is CCCCNCCCOC(=O)Cc1ccc(F)cc1. The van der Waals surface area contributed by atoms with Gasteiger partial charge in [0.05, 0.1) is 13.0 Å². The van der Waals surface area contributed by atoms with Crippen LogP contribution in [0.5, 0.6) is 0 Å². The van der Waals surface area contributed by atoms with Crippen molar-refractivity contribution in [1.29, 1.82) is 0 Å². The van der Waals surface area contributed by atoms with Crippen molar-refractivity contribution in [3.63, 3.8) is 0 Å². The standard InChI is InChI=1S/C15H22FNO2/c1-2-3-9-17-10-4-11-19-15(18)12-13-5-7-14(16)8-6-13/h5-8,17H,2-4,9-12H2,1H3. The maximum atomic E-state index is 12.7. The van der Waals surface area contributed by atoms with Crippen LogP contribution in [-0.2, 0) is 16.0 Å². The van der Waals surface area contributed by atoms with E-state index in [1.54, 1.807) is 12.1 Å². The first kappa shape index (κ1) is 15.6. The maximum Gasteiger partial charge on any atom is 0.310 e. The van der Waals surface area contributed by atoms with Gasteiger partial charge in [-0.2, -0.15) is 0 Å². The minimum absolute atomic E-state index is 0.198. The Morgan fingerprint density at radius 3 is 2.58 bits per heavy atom. The zero-order valence-corrected chi connectivity index (χ0v) is 11.5. The Morgan fingerprint density at radius 1 is 1.21 bits per heavy atom. The number of esters is 1. The van der Waals surface area contributed by atoms with E-state index in [9.17, 15) is 9.18 Å². The fourth-order valence-electron chi connectivity index (χ4n) is 1.63. The summed E-state index contributed by atoms with van der Waals surface area (Å²) in [5, 5.41) is 3.28. The lowest BCUT2D eigenvalue weighted by Gasteiger charge is -2.06. The fraction of sp³-hybridized carbons (Fsp3) is 0.533. The molecule has 0 aliphatic carbocycles. The zero-order valence-electron chi connectivity index (χ0n) is 11.5. The molecule has 106 valence electrons. The van der Waals surface area contributed by atoms with Crippen LogP contribution in [0.25, 0.3) is 0 Å². The number of ether oxygens (including phenoxy) is 1. The normalized spacial score (nSPS) is 10.4. The van der Waals surface area contributed by atoms with Gasteiger partial charge in [0.25, 0.3) is 0 Å². The molecule has 0 aromatic heterocycles. The number of nitrogens with one attached hydrogen (secondary N) is 1. The monoisotopic (exact) mass is 267 g/mol. The van der Waals surface area contributed by atoms with Gasteiger partial charge >= 0.3 is 5.97 Å². The number of carbonyl (C=O) groups is 1. The second kappa shape index (κ2) is 9.50. The molecule has 0 aliphatic heterocycles. The smallest absolute Gasteiger partial charge is 0.310 e. The van der Waals surface area contributed by atoms with E-state index < -0.39 is 0 Å². The molecule has 0 spiro atoms. The zero-order chi connectivity index (χ0) is 13.9. The molecule has 3 nitrogen and oxygen atoms in total. The highest BCUT2D eigenvalue weighted by molar-refractivity contribution is 5.72. The van der Waals surface area contributed by atoms with E-state index in [0.29, 0.717) is 6.61 Å². The summed E-state index contributed by atoms with van der Waals surface area (Å²) in [4.78, 5) is 11.5. The highest BCUT2D eigenvalue weighted by Crippen LogP contribution is 2.04. The van der Waals surface area contributed by atoms with Crippen LogP contribution in [-0.4, -0.2) is 25.7 Å². The number of hydrogen-bond acceptors (Lipinski definition) is 3. The average molecular weight is 267 g/mol. The molecular weight excluding hydrogens is 245 g/mol. The van der Waals surface area contributed by atoms with Gasteiger partial charge in [0.15, 0.2) is 0 Å². The molecule has 0 heterocycles. The first-order valence-electron chi connectivity index (χ1n) is 6.83. The van der Waals surface area contributed by atoms with Crippen LogP contribution in [0.15, 0.2) is 24.3 Å². The van der Waals surface area contributed by atoms with Gasteiger partial charge in [-0.25, -0.2) is 4.39 Å². The van der Waals surface area contributed by atoms with Crippen molar-refractivity contribution in [2.45, 2.75) is 32.6 Å². The van der Waals surface area contributed by atoms with Crippen molar-refractivity contribution in [3.05, 3.63) is 35.6 Å². The Morgan fingerprint density at radius 2 is 1.89 bits per heavy atom. The number of unbranched alkanes of at least 4 members (excludes halogenated alkanes) is 1. The predicted octanol–water partition coefficient (Wildman–Crippen LogP) is 2.69. The fourth-order valence-corrected chi connectivity index (χ4v) is 1.63. The van der Waals surface area contributed by atoms with E-state index in [4.69, 9.17) is 4.74 Å². The van der Waals surface area contributed by atoms with Gasteiger partial charge < -0.3 is 10.1 Å². The maximum absolute atomic E-state index is 12.7. The first-order chi connectivity index (χ1) is 9.22. The van der Waals surface area contributed by atoms with E-state index in [1.165, 1.54) is 25.0 Å². The Bertz CT molecular complexity index is 365. The molecule has 1 aromatic carbocycles. The summed E-state index contributed by atoms with van der Waals surface area (Å²) in [5.41, 5.74) is 0.771. The molecule has 0 aliphatic rings. The Kier molecular flexibility index (Phi) is 7.82. The van der Waals surface area contributed by atoms with Crippen LogP contribution in [0.2, 0.25) is 0 Å². The lowest BCUT2D eigenvalue weighted by molar-refractivity contribution is -0.142. The summed E-state index contributed by atoms with van der Waals surface area (Å²) in [6.45, 7) is 4.46. The summed E-state index contributed by atoms with van der Waals surface area (Å²) < 4.78 is 17.8. The molecule has 0 saturated heterocycles. The van der Waals surface area contributed by atoms with Gasteiger partial charge in [-0.3, -0.25) is 4.79 Å². The molecule has 0 unspecified atom stereocenters. The molecular formula is C15H22FNO2. The number of rotatable bonds is 9. The molecule has 0 bridgehead atoms. The van der Waals surface area contributed by atoms with Crippen LogP contribution in [0, 0.1) is 5.82 Å². The molecule has 4 heteroatoms. The minimum atomic E-state index is -0.296. The van der Waals surface area contributed by atoms with Gasteiger partial charge in [-0.15, -0.1) is 0 Å². The predicted molar refractivity (Wildman–Crippen MR) is 73.5 cm³/mol. The minimum Gasteiger partial charge on any atom is -0.465 e. The van der Waals surface area contributed by atoms with Crippen LogP contribution in [0.4, 0.5) is 4.39 Å². The first-order valence-corrected chi connectivity index (χ1v) is 6.83. The third-order valence-corrected chi connectivity index (χ3v) is 2.73. The van der Waals surface area contributed by atoms with E-state index >= 15 is 0 Å². The van der Waals surface area contributed by atoms with Crippen molar-refractivity contribution < 1.29 is 13.9 Å². The molecule has 0 radical (unpaired) electrons. The average Bonchev–Trinajstić information content (AvgIpc) is 2.40. The van der Waals surface area contributed by atoms with Crippen LogP contribution in [0.3, 0.4) is 0 Å². The van der Waals surface area contributed by atoms with Gasteiger partial charge in [-0.1, -0.05) is 25.5 Å². The number of carbonyl (C=O) groups excluding carboxylic acids is 1. The van der Waals surface area contributed by atoms with E-state index in [1.807, 2.05) is 0 Å². The van der Waals surface area contributed by atoms with Crippen LogP contribution >= 0.6 is 0 Å². The Labute approximate surface area is 114 Å². The van der Waals surface area contributed by atoms with Crippen molar-refractivity contribution >= 4 is 5.97 Å². The van der Waals surface area contributed by atoms with Crippen LogP contribution in [0.1, 0.15) is 31.7 Å². The summed E-state index contributed by atoms with van der Waals surface area (Å²) in [6, 6.07) is 5.90. The van der Waals surface area contributed by atoms with Crippen molar-refractivity contribution in [3.8, 4) is 0 Å². The number of halogens is 1. The van der Waals surface area contributed by atoms with Gasteiger partial charge in [0.1, 0.15) is 5.82 Å². The largest absolute Gasteiger partial charge is 0.465 e. The molecule has 19 heavy (non-hydrogen) atoms. The molecule has 0 saturated carbocycles. The molecule has 0 atom stereocenters. The highest BCUT2D eigenvalue weighted by Gasteiger charge is 2.04. The lowest BCUT2D eigenvalue weighted by atomic mass is 10.1. The lowest BCUT2D eigenvalue weighted by Crippen LogP contribution is -2.19. The third-order valence-electron chi connectivity index (χ3n) is 2.73. The highest BCUT2D eigenvalue weighted by atomic mass is 19.1. The number of hydrogen-bond donors (Lipinski definition) is 1. The van der Waals surface area contributed by atoms with E-state index in [0.717, 1.165) is 25.1 Å². The molecule has 0 amide bonds. The van der Waals surface area contributed by atoms with Crippen molar-refractivity contribution in [2.24, 2.45) is 0 Å². The van der Waals surface area contributed by atoms with Gasteiger partial charge in [0.2, 0.25) is 0 Å². The van der Waals surface area contributed by atoms with Gasteiger partial charge in [0, 0.05) is 0 Å². The van der Waals surface area contributed by atoms with Crippen molar-refractivity contribution in [1.82, 2.24) is 5.32 Å². The molecule has 1 N–H and O–H groups in total. The molecule has 1 rings (SSSR count). The van der Waals surface area contributed by atoms with Crippen LogP contribution < -0.4 is 5.32 Å². The third kappa shape index (κ3) is 7.57. The molecule has 1 aromatic rings. The topological polar surface area (TPSA) is 38.3 Å². The summed E-state index contributed by atoms with van der Waals surface area (Å²) in [7, 11) is 0. The van der Waals surface area contributed by atoms with E-state index in [-0.39, 0.29) is 18.2 Å². The number of benzene rings is 1. The summed E-state index contributed by atoms with van der Waals surface area (Å²) in [6.07, 6.45) is 3.37. The van der Waals surface area contributed by atoms with Crippen molar-refractivity contribution in [2.75, 3.05) is 19.7 Å². The summed E-state index contributed by atoms with van der Waals surface area (Å²) >= 11 is 0. The second-order valence-electron chi connectivity index (χ2n) is 4.48. The van der Waals surface area contributed by atoms with Gasteiger partial charge in [-0.05, 0) is 43.6 Å².